The van der Waals surface area contributed by atoms with E-state index in [1.807, 2.05) is 18.2 Å². The Morgan fingerprint density at radius 2 is 1.67 bits per heavy atom. The molecule has 3 nitrogen and oxygen atoms in total. The predicted molar refractivity (Wildman–Crippen MR) is 97.3 cm³/mol. The van der Waals surface area contributed by atoms with Crippen LogP contribution in [-0.2, 0) is 11.2 Å². The highest BCUT2D eigenvalue weighted by atomic mass is 16.1. The van der Waals surface area contributed by atoms with Gasteiger partial charge in [-0.15, -0.1) is 0 Å². The van der Waals surface area contributed by atoms with Crippen LogP contribution in [0.15, 0.2) is 66.7 Å². The molecule has 1 amide bonds. The summed E-state index contributed by atoms with van der Waals surface area (Å²) in [4.78, 5) is 23.6. The van der Waals surface area contributed by atoms with Crippen molar-refractivity contribution in [3.05, 3.63) is 77.9 Å². The Kier molecular flexibility index (Phi) is 4.71. The van der Waals surface area contributed by atoms with Gasteiger partial charge in [0.25, 0.3) is 0 Å². The van der Waals surface area contributed by atoms with Crippen LogP contribution in [0.25, 0.3) is 10.8 Å². The second-order valence-electron chi connectivity index (χ2n) is 5.82. The SMILES string of the molecule is CC(=O)c1cccc(NC(=O)CCc2cccc3ccccc23)c1. The van der Waals surface area contributed by atoms with E-state index in [0.717, 1.165) is 0 Å². The van der Waals surface area contributed by atoms with Crippen LogP contribution < -0.4 is 5.32 Å². The van der Waals surface area contributed by atoms with Crippen LogP contribution in [0.1, 0.15) is 29.3 Å². The van der Waals surface area contributed by atoms with Crippen LogP contribution in [0.3, 0.4) is 0 Å². The molecule has 0 saturated carbocycles. The molecule has 1 N–H and O–H groups in total. The van der Waals surface area contributed by atoms with E-state index >= 15 is 0 Å². The summed E-state index contributed by atoms with van der Waals surface area (Å²) in [7, 11) is 0. The van der Waals surface area contributed by atoms with E-state index in [1.54, 1.807) is 24.3 Å². The number of benzene rings is 3. The molecule has 24 heavy (non-hydrogen) atoms. The summed E-state index contributed by atoms with van der Waals surface area (Å²) >= 11 is 0. The zero-order valence-electron chi connectivity index (χ0n) is 13.6. The van der Waals surface area contributed by atoms with E-state index < -0.39 is 0 Å². The first-order valence-corrected chi connectivity index (χ1v) is 8.01. The lowest BCUT2D eigenvalue weighted by Crippen LogP contribution is -2.12. The number of carbonyl (C=O) groups is 2. The number of hydrogen-bond donors (Lipinski definition) is 1. The van der Waals surface area contributed by atoms with Crippen LogP contribution in [0.5, 0.6) is 0 Å². The third-order valence-electron chi connectivity index (χ3n) is 4.05. The molecule has 0 fully saturated rings. The van der Waals surface area contributed by atoms with Crippen molar-refractivity contribution in [2.24, 2.45) is 0 Å². The number of Topliss-reactive ketones (excluding diaryl/α,β-unsaturated/α-hetero) is 1. The van der Waals surface area contributed by atoms with Crippen molar-refractivity contribution in [3.8, 4) is 0 Å². The van der Waals surface area contributed by atoms with E-state index in [9.17, 15) is 9.59 Å². The standard InChI is InChI=1S/C21H19NO2/c1-15(23)18-9-5-10-19(14-18)22-21(24)13-12-17-8-4-7-16-6-2-3-11-20(16)17/h2-11,14H,12-13H2,1H3,(H,22,24). The van der Waals surface area contributed by atoms with Crippen molar-refractivity contribution in [2.75, 3.05) is 5.32 Å². The second kappa shape index (κ2) is 7.09. The molecule has 0 aromatic heterocycles. The van der Waals surface area contributed by atoms with Crippen LogP contribution in [-0.4, -0.2) is 11.7 Å². The van der Waals surface area contributed by atoms with Crippen LogP contribution in [0, 0.1) is 0 Å². The van der Waals surface area contributed by atoms with Gasteiger partial charge in [0, 0.05) is 17.7 Å². The molecule has 0 bridgehead atoms. The second-order valence-corrected chi connectivity index (χ2v) is 5.82. The predicted octanol–water partition coefficient (Wildman–Crippen LogP) is 4.61. The number of ketones is 1. The lowest BCUT2D eigenvalue weighted by molar-refractivity contribution is -0.116. The number of fused-ring (bicyclic) bond motifs is 1. The Morgan fingerprint density at radius 1 is 0.917 bits per heavy atom. The Bertz CT molecular complexity index is 894. The lowest BCUT2D eigenvalue weighted by Gasteiger charge is -2.08. The summed E-state index contributed by atoms with van der Waals surface area (Å²) in [6.07, 6.45) is 1.08. The number of nitrogens with one attached hydrogen (secondary N) is 1. The van der Waals surface area contributed by atoms with E-state index in [4.69, 9.17) is 0 Å². The highest BCUT2D eigenvalue weighted by Crippen LogP contribution is 2.20. The highest BCUT2D eigenvalue weighted by Gasteiger charge is 2.07. The van der Waals surface area contributed by atoms with Crippen molar-refractivity contribution >= 4 is 28.2 Å². The van der Waals surface area contributed by atoms with Crippen LogP contribution in [0.2, 0.25) is 0 Å². The van der Waals surface area contributed by atoms with Gasteiger partial charge >= 0.3 is 0 Å². The first kappa shape index (κ1) is 15.9. The fraction of sp³-hybridized carbons (Fsp3) is 0.143. The third-order valence-corrected chi connectivity index (χ3v) is 4.05. The molecule has 0 spiro atoms. The maximum absolute atomic E-state index is 12.2. The maximum Gasteiger partial charge on any atom is 0.224 e. The van der Waals surface area contributed by atoms with Gasteiger partial charge in [-0.25, -0.2) is 0 Å². The highest BCUT2D eigenvalue weighted by molar-refractivity contribution is 5.97. The smallest absolute Gasteiger partial charge is 0.224 e. The van der Waals surface area contributed by atoms with Gasteiger partial charge in [-0.3, -0.25) is 9.59 Å². The van der Waals surface area contributed by atoms with Crippen LogP contribution >= 0.6 is 0 Å². The Hall–Kier alpha value is -2.94. The zero-order valence-corrected chi connectivity index (χ0v) is 13.6. The minimum atomic E-state index is -0.0522. The van der Waals surface area contributed by atoms with Gasteiger partial charge < -0.3 is 5.32 Å². The van der Waals surface area contributed by atoms with Gasteiger partial charge in [0.05, 0.1) is 0 Å². The zero-order chi connectivity index (χ0) is 16.9. The molecule has 0 aliphatic heterocycles. The molecule has 0 saturated heterocycles. The molecular formula is C21H19NO2. The number of amides is 1. The van der Waals surface area contributed by atoms with Gasteiger partial charge in [-0.05, 0) is 41.8 Å². The molecule has 3 rings (SSSR count). The minimum absolute atomic E-state index is 0.0122. The minimum Gasteiger partial charge on any atom is -0.326 e. The maximum atomic E-state index is 12.2. The summed E-state index contributed by atoms with van der Waals surface area (Å²) in [5.74, 6) is -0.0644. The van der Waals surface area contributed by atoms with Crippen molar-refractivity contribution in [3.63, 3.8) is 0 Å². The summed E-state index contributed by atoms with van der Waals surface area (Å²) in [5, 5.41) is 5.24. The van der Waals surface area contributed by atoms with Gasteiger partial charge in [0.2, 0.25) is 5.91 Å². The molecule has 0 aliphatic carbocycles. The normalized spacial score (nSPS) is 10.5. The molecule has 0 unspecified atom stereocenters. The quantitative estimate of drug-likeness (QED) is 0.698. The third kappa shape index (κ3) is 3.69. The van der Waals surface area contributed by atoms with Gasteiger partial charge in [0.15, 0.2) is 5.78 Å². The summed E-state index contributed by atoms with van der Waals surface area (Å²) < 4.78 is 0. The lowest BCUT2D eigenvalue weighted by atomic mass is 10.0. The average molecular weight is 317 g/mol. The first-order valence-electron chi connectivity index (χ1n) is 8.01. The largest absolute Gasteiger partial charge is 0.326 e. The topological polar surface area (TPSA) is 46.2 Å². The molecule has 0 aliphatic rings. The summed E-state index contributed by atoms with van der Waals surface area (Å²) in [6.45, 7) is 1.52. The van der Waals surface area contributed by atoms with Crippen molar-refractivity contribution < 1.29 is 9.59 Å². The summed E-state index contributed by atoms with van der Waals surface area (Å²) in [6, 6.07) is 21.4. The van der Waals surface area contributed by atoms with Gasteiger partial charge in [-0.1, -0.05) is 54.6 Å². The van der Waals surface area contributed by atoms with E-state index in [2.05, 4.69) is 29.6 Å². The molecule has 0 heterocycles. The average Bonchev–Trinajstić information content (AvgIpc) is 2.60. The number of hydrogen-bond acceptors (Lipinski definition) is 2. The number of rotatable bonds is 5. The van der Waals surface area contributed by atoms with Crippen molar-refractivity contribution in [1.82, 2.24) is 0 Å². The van der Waals surface area contributed by atoms with E-state index in [-0.39, 0.29) is 11.7 Å². The fourth-order valence-corrected chi connectivity index (χ4v) is 2.80. The Morgan fingerprint density at radius 3 is 2.50 bits per heavy atom. The van der Waals surface area contributed by atoms with Gasteiger partial charge in [0.1, 0.15) is 0 Å². The summed E-state index contributed by atoms with van der Waals surface area (Å²) in [5.41, 5.74) is 2.42. The molecule has 0 atom stereocenters. The Balaban J connectivity index is 1.67. The number of aryl methyl sites for hydroxylation is 1. The fourth-order valence-electron chi connectivity index (χ4n) is 2.80. The van der Waals surface area contributed by atoms with E-state index in [0.29, 0.717) is 24.1 Å². The van der Waals surface area contributed by atoms with Crippen molar-refractivity contribution in [1.29, 1.82) is 0 Å². The molecule has 120 valence electrons. The molecule has 3 aromatic carbocycles. The Labute approximate surface area is 141 Å². The van der Waals surface area contributed by atoms with Crippen molar-refractivity contribution in [2.45, 2.75) is 19.8 Å². The molecular weight excluding hydrogens is 298 g/mol. The number of anilines is 1. The van der Waals surface area contributed by atoms with Gasteiger partial charge in [-0.2, -0.15) is 0 Å². The van der Waals surface area contributed by atoms with E-state index in [1.165, 1.54) is 23.3 Å². The first-order chi connectivity index (χ1) is 11.6. The number of carbonyl (C=O) groups excluding carboxylic acids is 2. The monoisotopic (exact) mass is 317 g/mol. The van der Waals surface area contributed by atoms with Crippen LogP contribution in [0.4, 0.5) is 5.69 Å². The molecule has 3 heteroatoms. The molecule has 3 aromatic rings. The molecule has 0 radical (unpaired) electrons.